The van der Waals surface area contributed by atoms with Crippen molar-refractivity contribution >= 4 is 52.9 Å². The van der Waals surface area contributed by atoms with Crippen LogP contribution in [0, 0.1) is 5.92 Å². The van der Waals surface area contributed by atoms with Crippen LogP contribution in [0.15, 0.2) is 66.7 Å². The van der Waals surface area contributed by atoms with Crippen LogP contribution in [-0.2, 0) is 6.54 Å². The number of nitrogens with zero attached hydrogens (tertiary/aromatic N) is 1. The van der Waals surface area contributed by atoms with E-state index >= 15 is 0 Å². The minimum atomic E-state index is -0.165. The molecule has 3 nitrogen and oxygen atoms in total. The number of nitrogens with one attached hydrogen (secondary N) is 1. The molecule has 7 heteroatoms. The molecule has 1 atom stereocenters. The van der Waals surface area contributed by atoms with E-state index in [1.807, 2.05) is 24.3 Å². The van der Waals surface area contributed by atoms with E-state index in [9.17, 15) is 4.79 Å². The molecule has 6 rings (SSSR count). The second kappa shape index (κ2) is 9.13. The van der Waals surface area contributed by atoms with Crippen LogP contribution in [0.1, 0.15) is 40.4 Å². The van der Waals surface area contributed by atoms with E-state index in [1.165, 1.54) is 16.9 Å². The summed E-state index contributed by atoms with van der Waals surface area (Å²) in [4.78, 5) is 15.7. The molecule has 162 valence electrons. The van der Waals surface area contributed by atoms with Gasteiger partial charge in [0.1, 0.15) is 4.34 Å². The Balaban J connectivity index is 0.00000231. The lowest BCUT2D eigenvalue weighted by Gasteiger charge is -2.48. The number of benzene rings is 2. The highest BCUT2D eigenvalue weighted by Gasteiger charge is 2.60. The van der Waals surface area contributed by atoms with E-state index in [4.69, 9.17) is 23.2 Å². The molecule has 1 unspecified atom stereocenters. The number of carbonyl (C=O) groups excluding carboxylic acids is 1. The highest BCUT2D eigenvalue weighted by Crippen LogP contribution is 2.57. The van der Waals surface area contributed by atoms with Crippen molar-refractivity contribution in [3.05, 3.63) is 92.1 Å². The molecule has 31 heavy (non-hydrogen) atoms. The largest absolute Gasteiger partial charge is 0.343 e. The minimum Gasteiger partial charge on any atom is -0.343 e. The molecule has 2 aromatic carbocycles. The molecule has 1 aromatic heterocycles. The first kappa shape index (κ1) is 22.6. The molecule has 1 saturated carbocycles. The van der Waals surface area contributed by atoms with Gasteiger partial charge in [-0.3, -0.25) is 9.69 Å². The Morgan fingerprint density at radius 3 is 2.35 bits per heavy atom. The Bertz CT molecular complexity index is 1050. The van der Waals surface area contributed by atoms with Crippen LogP contribution < -0.4 is 5.32 Å². The van der Waals surface area contributed by atoms with Crippen molar-refractivity contribution in [1.82, 2.24) is 10.2 Å². The van der Waals surface area contributed by atoms with E-state index in [2.05, 4.69) is 46.6 Å². The molecule has 1 N–H and O–H groups in total. The van der Waals surface area contributed by atoms with Crippen molar-refractivity contribution in [2.24, 2.45) is 5.92 Å². The summed E-state index contributed by atoms with van der Waals surface area (Å²) in [6.45, 7) is 1.96. The van der Waals surface area contributed by atoms with Gasteiger partial charge in [0.15, 0.2) is 0 Å². The van der Waals surface area contributed by atoms with Gasteiger partial charge in [-0.1, -0.05) is 83.9 Å². The predicted molar refractivity (Wildman–Crippen MR) is 131 cm³/mol. The van der Waals surface area contributed by atoms with Crippen molar-refractivity contribution in [2.75, 3.05) is 6.54 Å². The Labute approximate surface area is 202 Å². The van der Waals surface area contributed by atoms with Crippen molar-refractivity contribution in [3.63, 3.8) is 0 Å². The maximum atomic E-state index is 13.2. The second-order valence-corrected chi connectivity index (χ2v) is 10.6. The maximum Gasteiger partial charge on any atom is 0.254 e. The van der Waals surface area contributed by atoms with Gasteiger partial charge in [0.25, 0.3) is 5.91 Å². The van der Waals surface area contributed by atoms with Crippen molar-refractivity contribution in [1.29, 1.82) is 0 Å². The lowest BCUT2D eigenvalue weighted by Crippen LogP contribution is -2.56. The summed E-state index contributed by atoms with van der Waals surface area (Å²) in [5.41, 5.74) is 2.80. The maximum absolute atomic E-state index is 13.2. The smallest absolute Gasteiger partial charge is 0.254 e. The van der Waals surface area contributed by atoms with Gasteiger partial charge in [0, 0.05) is 18.6 Å². The average Bonchev–Trinajstić information content (AvgIpc) is 3.37. The van der Waals surface area contributed by atoms with Crippen LogP contribution in [-0.4, -0.2) is 22.9 Å². The first-order valence-electron chi connectivity index (χ1n) is 10.1. The number of amides is 1. The number of fused-ring (bicyclic) bond motifs is 1. The van der Waals surface area contributed by atoms with Crippen LogP contribution in [0.5, 0.6) is 0 Å². The number of thiophene rings is 1. The van der Waals surface area contributed by atoms with E-state index in [0.29, 0.717) is 20.2 Å². The lowest BCUT2D eigenvalue weighted by atomic mass is 9.67. The third-order valence-electron chi connectivity index (χ3n) is 6.46. The second-order valence-electron chi connectivity index (χ2n) is 8.30. The Morgan fingerprint density at radius 2 is 1.74 bits per heavy atom. The van der Waals surface area contributed by atoms with Crippen LogP contribution >= 0.6 is 46.9 Å². The van der Waals surface area contributed by atoms with E-state index in [-0.39, 0.29) is 29.9 Å². The van der Waals surface area contributed by atoms with E-state index in [1.54, 1.807) is 6.07 Å². The van der Waals surface area contributed by atoms with Crippen LogP contribution in [0.4, 0.5) is 0 Å². The Kier molecular flexibility index (Phi) is 6.66. The van der Waals surface area contributed by atoms with E-state index < -0.39 is 0 Å². The summed E-state index contributed by atoms with van der Waals surface area (Å²) in [7, 11) is 0. The number of hydrogen-bond donors (Lipinski definition) is 1. The highest BCUT2D eigenvalue weighted by molar-refractivity contribution is 7.20. The fraction of sp³-hybridized carbons (Fsp3) is 0.292. The molecular weight excluding hydrogens is 471 g/mol. The molecular formula is C24H23Cl3N2OS. The minimum absolute atomic E-state index is 0. The molecule has 2 bridgehead atoms. The number of rotatable bonds is 6. The first-order valence-corrected chi connectivity index (χ1v) is 11.7. The molecule has 3 aliphatic rings. The fourth-order valence-corrected chi connectivity index (χ4v) is 6.60. The van der Waals surface area contributed by atoms with Gasteiger partial charge in [0.2, 0.25) is 0 Å². The molecule has 0 spiro atoms. The first-order chi connectivity index (χ1) is 14.5. The lowest BCUT2D eigenvalue weighted by molar-refractivity contribution is 0.0493. The number of halogens is 3. The van der Waals surface area contributed by atoms with Crippen LogP contribution in [0.25, 0.3) is 0 Å². The molecule has 3 fully saturated rings. The van der Waals surface area contributed by atoms with Crippen molar-refractivity contribution < 1.29 is 4.79 Å². The molecule has 0 radical (unpaired) electrons. The number of carbonyl (C=O) groups is 1. The predicted octanol–water partition coefficient (Wildman–Crippen LogP) is 6.61. The van der Waals surface area contributed by atoms with E-state index in [0.717, 1.165) is 31.5 Å². The molecule has 2 aliphatic heterocycles. The summed E-state index contributed by atoms with van der Waals surface area (Å²) in [6.07, 6.45) is 2.19. The van der Waals surface area contributed by atoms with Crippen molar-refractivity contribution in [3.8, 4) is 0 Å². The van der Waals surface area contributed by atoms with Gasteiger partial charge in [-0.15, -0.1) is 23.7 Å². The highest BCUT2D eigenvalue weighted by atomic mass is 35.5. The van der Waals surface area contributed by atoms with Gasteiger partial charge in [-0.2, -0.15) is 0 Å². The summed E-state index contributed by atoms with van der Waals surface area (Å²) in [5.74, 6) is 0.525. The zero-order valence-corrected chi connectivity index (χ0v) is 19.9. The molecule has 1 amide bonds. The van der Waals surface area contributed by atoms with Gasteiger partial charge in [0.05, 0.1) is 15.9 Å². The van der Waals surface area contributed by atoms with Gasteiger partial charge in [-0.05, 0) is 36.0 Å². The third kappa shape index (κ3) is 4.24. The average molecular weight is 494 g/mol. The normalized spacial score (nSPS) is 23.0. The van der Waals surface area contributed by atoms with Gasteiger partial charge >= 0.3 is 0 Å². The van der Waals surface area contributed by atoms with Gasteiger partial charge in [-0.25, -0.2) is 0 Å². The molecule has 1 aliphatic carbocycles. The Hall–Kier alpha value is -1.56. The molecule has 3 heterocycles. The quantitative estimate of drug-likeness (QED) is 0.419. The zero-order valence-electron chi connectivity index (χ0n) is 16.8. The van der Waals surface area contributed by atoms with Gasteiger partial charge < -0.3 is 5.32 Å². The molecule has 3 aromatic rings. The summed E-state index contributed by atoms with van der Waals surface area (Å²) in [5, 5.41) is 3.32. The summed E-state index contributed by atoms with van der Waals surface area (Å²) >= 11 is 13.6. The SMILES string of the molecule is Cl.O=C(NC(c1ccccc1)C12CC(CN1Cc1ccccc1)C2)c1cc(Cl)sc1Cl. The van der Waals surface area contributed by atoms with Crippen molar-refractivity contribution in [2.45, 2.75) is 31.0 Å². The summed E-state index contributed by atoms with van der Waals surface area (Å²) < 4.78 is 0.954. The standard InChI is InChI=1S/C24H22Cl2N2OS.ClH/c25-20-11-19(22(26)30-20)23(29)27-21(18-9-5-2-6-10-18)24-12-17(13-24)15-28(24)14-16-7-3-1-4-8-16;/h1-11,17,21H,12-15H2,(H,27,29);1H. The molecule has 2 saturated heterocycles. The monoisotopic (exact) mass is 492 g/mol. The summed E-state index contributed by atoms with van der Waals surface area (Å²) in [6, 6.07) is 22.4. The number of hydrogen-bond acceptors (Lipinski definition) is 3. The Morgan fingerprint density at radius 1 is 1.10 bits per heavy atom. The zero-order chi connectivity index (χ0) is 20.7. The topological polar surface area (TPSA) is 32.3 Å². The fourth-order valence-electron chi connectivity index (χ4n) is 5.14. The third-order valence-corrected chi connectivity index (χ3v) is 7.94. The van der Waals surface area contributed by atoms with Crippen LogP contribution in [0.3, 0.4) is 0 Å². The van der Waals surface area contributed by atoms with Crippen LogP contribution in [0.2, 0.25) is 8.67 Å².